The van der Waals surface area contributed by atoms with Crippen molar-refractivity contribution in [3.8, 4) is 0 Å². The highest BCUT2D eigenvalue weighted by molar-refractivity contribution is 7.89. The summed E-state index contributed by atoms with van der Waals surface area (Å²) in [5, 5.41) is 3.11. The molecule has 11 heteroatoms. The van der Waals surface area contributed by atoms with E-state index in [4.69, 9.17) is 21.1 Å². The minimum absolute atomic E-state index is 0.0245. The Morgan fingerprint density at radius 2 is 1.83 bits per heavy atom. The van der Waals surface area contributed by atoms with Gasteiger partial charge in [-0.2, -0.15) is 4.72 Å². The van der Waals surface area contributed by atoms with Crippen molar-refractivity contribution in [2.75, 3.05) is 25.6 Å². The number of esters is 1. The quantitative estimate of drug-likeness (QED) is 0.433. The first-order chi connectivity index (χ1) is 16.8. The van der Waals surface area contributed by atoms with E-state index in [9.17, 15) is 18.0 Å². The largest absolute Gasteiger partial charge is 0.469 e. The van der Waals surface area contributed by atoms with E-state index in [1.165, 1.54) is 31.4 Å². The summed E-state index contributed by atoms with van der Waals surface area (Å²) in [7, 11) is -2.69. The van der Waals surface area contributed by atoms with Crippen LogP contribution >= 0.6 is 11.6 Å². The van der Waals surface area contributed by atoms with Crippen molar-refractivity contribution in [2.24, 2.45) is 0 Å². The number of sulfonamides is 1. The minimum atomic E-state index is -4.03. The first kappa shape index (κ1) is 27.1. The summed E-state index contributed by atoms with van der Waals surface area (Å²) < 4.78 is 44.1. The van der Waals surface area contributed by atoms with E-state index in [2.05, 4.69) is 14.8 Å². The number of carbonyl (C=O) groups excluding carboxylic acids is 2. The van der Waals surface area contributed by atoms with Crippen molar-refractivity contribution in [3.05, 3.63) is 59.1 Å². The zero-order valence-electron chi connectivity index (χ0n) is 19.4. The topological polar surface area (TPSA) is 120 Å². The Labute approximate surface area is 210 Å². The Bertz CT molecular complexity index is 1090. The minimum Gasteiger partial charge on any atom is -0.469 e. The van der Waals surface area contributed by atoms with Gasteiger partial charge >= 0.3 is 5.97 Å². The van der Waals surface area contributed by atoms with Crippen LogP contribution in [0.3, 0.4) is 0 Å². The van der Waals surface area contributed by atoms with E-state index in [1.807, 2.05) is 0 Å². The number of hydrogen-bond donors (Lipinski definition) is 2. The number of halogens is 1. The van der Waals surface area contributed by atoms with Gasteiger partial charge in [-0.3, -0.25) is 9.59 Å². The molecular weight excluding hydrogens is 496 g/mol. The molecule has 190 valence electrons. The summed E-state index contributed by atoms with van der Waals surface area (Å²) >= 11 is 5.86. The van der Waals surface area contributed by atoms with Crippen LogP contribution in [0.25, 0.3) is 0 Å². The highest BCUT2D eigenvalue weighted by Crippen LogP contribution is 2.17. The zero-order chi connectivity index (χ0) is 25.3. The Morgan fingerprint density at radius 1 is 1.11 bits per heavy atom. The Morgan fingerprint density at radius 3 is 2.46 bits per heavy atom. The summed E-state index contributed by atoms with van der Waals surface area (Å²) in [4.78, 5) is 24.3. The second-order valence-electron chi connectivity index (χ2n) is 8.02. The fraction of sp³-hybridized carbons (Fsp3) is 0.417. The predicted octanol–water partition coefficient (Wildman–Crippen LogP) is 3.27. The lowest BCUT2D eigenvalue weighted by Crippen LogP contribution is -2.47. The van der Waals surface area contributed by atoms with Crippen LogP contribution in [0.4, 0.5) is 5.69 Å². The van der Waals surface area contributed by atoms with Crippen LogP contribution in [-0.2, 0) is 40.2 Å². The van der Waals surface area contributed by atoms with Gasteiger partial charge in [0.2, 0.25) is 15.9 Å². The summed E-state index contributed by atoms with van der Waals surface area (Å²) in [6.45, 7) is 0.348. The molecule has 0 radical (unpaired) electrons. The van der Waals surface area contributed by atoms with E-state index < -0.39 is 28.3 Å². The molecule has 35 heavy (non-hydrogen) atoms. The summed E-state index contributed by atoms with van der Waals surface area (Å²) in [6, 6.07) is 11.3. The van der Waals surface area contributed by atoms with Crippen molar-refractivity contribution in [2.45, 2.75) is 49.3 Å². The number of hydrogen-bond acceptors (Lipinski definition) is 7. The van der Waals surface area contributed by atoms with Gasteiger partial charge in [-0.25, -0.2) is 8.42 Å². The molecule has 3 rings (SSSR count). The maximum absolute atomic E-state index is 13.0. The number of rotatable bonds is 11. The summed E-state index contributed by atoms with van der Waals surface area (Å²) in [5.74, 6) is -0.888. The molecule has 9 nitrogen and oxygen atoms in total. The van der Waals surface area contributed by atoms with Crippen molar-refractivity contribution in [3.63, 3.8) is 0 Å². The molecule has 0 aliphatic carbocycles. The second-order valence-corrected chi connectivity index (χ2v) is 10.2. The molecule has 2 N–H and O–H groups in total. The second kappa shape index (κ2) is 13.0. The number of carbonyl (C=O) groups is 2. The molecule has 1 unspecified atom stereocenters. The molecule has 0 spiro atoms. The Balaban J connectivity index is 1.68. The first-order valence-corrected chi connectivity index (χ1v) is 13.1. The smallest absolute Gasteiger partial charge is 0.305 e. The van der Waals surface area contributed by atoms with Crippen molar-refractivity contribution >= 4 is 39.2 Å². The molecule has 2 atom stereocenters. The average molecular weight is 525 g/mol. The van der Waals surface area contributed by atoms with Crippen LogP contribution in [0.2, 0.25) is 5.02 Å². The van der Waals surface area contributed by atoms with Gasteiger partial charge < -0.3 is 19.5 Å². The summed E-state index contributed by atoms with van der Waals surface area (Å²) in [6.07, 6.45) is 2.79. The predicted molar refractivity (Wildman–Crippen MR) is 131 cm³/mol. The monoisotopic (exact) mass is 524 g/mol. The highest BCUT2D eigenvalue weighted by atomic mass is 35.5. The molecule has 1 heterocycles. The Kier molecular flexibility index (Phi) is 10.1. The van der Waals surface area contributed by atoms with Gasteiger partial charge in [0.15, 0.2) is 6.29 Å². The van der Waals surface area contributed by atoms with Crippen LogP contribution in [0.15, 0.2) is 53.4 Å². The van der Waals surface area contributed by atoms with Gasteiger partial charge in [0.1, 0.15) is 6.04 Å². The van der Waals surface area contributed by atoms with E-state index in [1.54, 1.807) is 24.3 Å². The number of nitrogens with one attached hydrogen (secondary N) is 2. The molecule has 2 aromatic carbocycles. The molecule has 0 aromatic heterocycles. The van der Waals surface area contributed by atoms with E-state index >= 15 is 0 Å². The fourth-order valence-electron chi connectivity index (χ4n) is 3.41. The molecule has 1 aliphatic heterocycles. The highest BCUT2D eigenvalue weighted by Gasteiger charge is 2.28. The molecule has 1 fully saturated rings. The molecule has 0 bridgehead atoms. The number of aryl methyl sites for hydroxylation is 1. The third kappa shape index (κ3) is 8.59. The maximum Gasteiger partial charge on any atom is 0.305 e. The molecule has 1 saturated heterocycles. The number of methoxy groups -OCH3 is 1. The van der Waals surface area contributed by atoms with Crippen LogP contribution < -0.4 is 10.0 Å². The third-order valence-corrected chi connectivity index (χ3v) is 7.13. The molecule has 1 aliphatic rings. The first-order valence-electron chi connectivity index (χ1n) is 11.2. The van der Waals surface area contributed by atoms with Gasteiger partial charge in [0.25, 0.3) is 0 Å². The maximum atomic E-state index is 13.0. The van der Waals surface area contributed by atoms with Gasteiger partial charge in [0.05, 0.1) is 18.6 Å². The van der Waals surface area contributed by atoms with Crippen molar-refractivity contribution < 1.29 is 32.2 Å². The lowest BCUT2D eigenvalue weighted by Gasteiger charge is -2.25. The zero-order valence-corrected chi connectivity index (χ0v) is 20.9. The van der Waals surface area contributed by atoms with Crippen LogP contribution in [0.5, 0.6) is 0 Å². The average Bonchev–Trinajstić information content (AvgIpc) is 2.86. The number of ether oxygens (including phenoxy) is 3. The van der Waals surface area contributed by atoms with Crippen LogP contribution in [-0.4, -0.2) is 52.9 Å². The normalized spacial score (nSPS) is 16.9. The molecule has 2 aromatic rings. The number of amides is 1. The SMILES string of the molecule is COC(=O)CCc1ccc(NC(=O)[C@H](COC2CCCCO2)NS(=O)(=O)c2ccc(Cl)cc2)cc1. The molecular formula is C24H29ClN2O7S. The van der Waals surface area contributed by atoms with Gasteiger partial charge in [0, 0.05) is 23.7 Å². The fourth-order valence-corrected chi connectivity index (χ4v) is 4.72. The number of anilines is 1. The summed E-state index contributed by atoms with van der Waals surface area (Å²) in [5.41, 5.74) is 1.37. The van der Waals surface area contributed by atoms with Crippen molar-refractivity contribution in [1.82, 2.24) is 4.72 Å². The van der Waals surface area contributed by atoms with Gasteiger partial charge in [-0.1, -0.05) is 23.7 Å². The van der Waals surface area contributed by atoms with E-state index in [0.717, 1.165) is 18.4 Å². The standard InChI is InChI=1S/C24H29ClN2O7S/c1-32-22(28)14-7-17-5-10-19(11-6-17)26-24(29)21(16-34-23-4-2-3-15-33-23)27-35(30,31)20-12-8-18(25)9-13-20/h5-6,8-13,21,23,27H,2-4,7,14-16H2,1H3,(H,26,29)/t21-,23?/m0/s1. The molecule has 1 amide bonds. The number of benzene rings is 2. The third-order valence-electron chi connectivity index (χ3n) is 5.39. The van der Waals surface area contributed by atoms with E-state index in [-0.39, 0.29) is 23.9 Å². The lowest BCUT2D eigenvalue weighted by molar-refractivity contribution is -0.166. The van der Waals surface area contributed by atoms with Crippen LogP contribution in [0.1, 0.15) is 31.2 Å². The van der Waals surface area contributed by atoms with Crippen molar-refractivity contribution in [1.29, 1.82) is 0 Å². The Hall–Kier alpha value is -2.50. The van der Waals surface area contributed by atoms with Crippen LogP contribution in [0, 0.1) is 0 Å². The van der Waals surface area contributed by atoms with E-state index in [0.29, 0.717) is 30.2 Å². The van der Waals surface area contributed by atoms with Gasteiger partial charge in [-0.05, 0) is 67.6 Å². The van der Waals surface area contributed by atoms with Gasteiger partial charge in [-0.15, -0.1) is 0 Å². The molecule has 0 saturated carbocycles. The lowest BCUT2D eigenvalue weighted by atomic mass is 10.1.